The minimum Gasteiger partial charge on any atom is -0.494 e. The highest BCUT2D eigenvalue weighted by Crippen LogP contribution is 2.31. The van der Waals surface area contributed by atoms with E-state index in [0.717, 1.165) is 44.8 Å². The molecule has 1 saturated heterocycles. The van der Waals surface area contributed by atoms with E-state index >= 15 is 0 Å². The van der Waals surface area contributed by atoms with E-state index in [2.05, 4.69) is 42.7 Å². The summed E-state index contributed by atoms with van der Waals surface area (Å²) in [6.07, 6.45) is 1.94. The molecule has 25 heavy (non-hydrogen) atoms. The van der Waals surface area contributed by atoms with Crippen LogP contribution in [0.1, 0.15) is 56.2 Å². The highest BCUT2D eigenvalue weighted by molar-refractivity contribution is 5.44. The molecule has 0 spiro atoms. The van der Waals surface area contributed by atoms with Crippen molar-refractivity contribution in [3.8, 4) is 5.75 Å². The Kier molecular flexibility index (Phi) is 6.89. The zero-order valence-electron chi connectivity index (χ0n) is 16.9. The summed E-state index contributed by atoms with van der Waals surface area (Å²) >= 11 is 0. The van der Waals surface area contributed by atoms with Crippen LogP contribution in [0.4, 0.5) is 0 Å². The Balaban J connectivity index is 2.17. The van der Waals surface area contributed by atoms with E-state index in [9.17, 15) is 5.11 Å². The van der Waals surface area contributed by atoms with Crippen molar-refractivity contribution in [1.82, 2.24) is 9.80 Å². The maximum atomic E-state index is 10.9. The number of aliphatic hydroxyl groups is 1. The first kappa shape index (κ1) is 20.2. The summed E-state index contributed by atoms with van der Waals surface area (Å²) in [5.74, 6) is 1.45. The molecule has 0 aromatic heterocycles. The minimum absolute atomic E-state index is 0.438. The smallest absolute Gasteiger partial charge is 0.123 e. The van der Waals surface area contributed by atoms with E-state index in [1.807, 2.05) is 21.0 Å². The maximum Gasteiger partial charge on any atom is 0.123 e. The molecule has 1 aliphatic rings. The van der Waals surface area contributed by atoms with E-state index in [4.69, 9.17) is 4.74 Å². The van der Waals surface area contributed by atoms with Crippen molar-refractivity contribution in [2.45, 2.75) is 58.6 Å². The fraction of sp³-hybridized carbons (Fsp3) is 0.714. The number of piperidine rings is 1. The lowest BCUT2D eigenvalue weighted by molar-refractivity contribution is -0.0480. The van der Waals surface area contributed by atoms with Gasteiger partial charge in [0.05, 0.1) is 12.2 Å². The van der Waals surface area contributed by atoms with Gasteiger partial charge in [-0.25, -0.2) is 0 Å². The summed E-state index contributed by atoms with van der Waals surface area (Å²) in [6.45, 7) is 12.7. The molecule has 0 saturated carbocycles. The van der Waals surface area contributed by atoms with E-state index in [0.29, 0.717) is 12.5 Å². The van der Waals surface area contributed by atoms with Crippen molar-refractivity contribution >= 4 is 0 Å². The fourth-order valence-electron chi connectivity index (χ4n) is 3.95. The van der Waals surface area contributed by atoms with Crippen LogP contribution in [0.5, 0.6) is 5.75 Å². The number of hydrogen-bond acceptors (Lipinski definition) is 4. The molecule has 1 aromatic rings. The molecule has 142 valence electrons. The predicted octanol–water partition coefficient (Wildman–Crippen LogP) is 3.41. The topological polar surface area (TPSA) is 35.9 Å². The summed E-state index contributed by atoms with van der Waals surface area (Å²) in [6, 6.07) is 4.49. The molecule has 1 fully saturated rings. The molecule has 4 heteroatoms. The Morgan fingerprint density at radius 3 is 2.64 bits per heavy atom. The summed E-state index contributed by atoms with van der Waals surface area (Å²) in [7, 11) is 4.06. The van der Waals surface area contributed by atoms with Gasteiger partial charge in [0, 0.05) is 19.6 Å². The van der Waals surface area contributed by atoms with Gasteiger partial charge < -0.3 is 14.7 Å². The molecule has 0 aliphatic carbocycles. The second-order valence-electron chi connectivity index (χ2n) is 8.18. The van der Waals surface area contributed by atoms with Crippen LogP contribution in [0.25, 0.3) is 0 Å². The number of ether oxygens (including phenoxy) is 1. The van der Waals surface area contributed by atoms with Gasteiger partial charge in [-0.2, -0.15) is 0 Å². The summed E-state index contributed by atoms with van der Waals surface area (Å²) in [4.78, 5) is 4.49. The summed E-state index contributed by atoms with van der Waals surface area (Å²) in [5.41, 5.74) is 3.31. The van der Waals surface area contributed by atoms with Crippen molar-refractivity contribution in [1.29, 1.82) is 0 Å². The van der Waals surface area contributed by atoms with Crippen LogP contribution >= 0.6 is 0 Å². The quantitative estimate of drug-likeness (QED) is 0.819. The van der Waals surface area contributed by atoms with Crippen LogP contribution in [0.15, 0.2) is 12.1 Å². The number of likely N-dealkylation sites (N-methyl/N-ethyl adjacent to an activating group) is 1. The van der Waals surface area contributed by atoms with Gasteiger partial charge in [0.25, 0.3) is 0 Å². The van der Waals surface area contributed by atoms with E-state index < -0.39 is 5.60 Å². The van der Waals surface area contributed by atoms with E-state index in [1.54, 1.807) is 0 Å². The first-order chi connectivity index (χ1) is 11.7. The molecular formula is C21H36N2O2. The van der Waals surface area contributed by atoms with Gasteiger partial charge in [0.1, 0.15) is 5.75 Å². The molecule has 1 atom stereocenters. The van der Waals surface area contributed by atoms with Crippen LogP contribution in [0.2, 0.25) is 0 Å². The molecule has 1 heterocycles. The van der Waals surface area contributed by atoms with Crippen molar-refractivity contribution in [3.05, 3.63) is 28.8 Å². The molecule has 1 N–H and O–H groups in total. The predicted molar refractivity (Wildman–Crippen MR) is 104 cm³/mol. The number of likely N-dealkylation sites (tertiary alicyclic amines) is 1. The van der Waals surface area contributed by atoms with Gasteiger partial charge in [-0.05, 0) is 76.0 Å². The molecular weight excluding hydrogens is 312 g/mol. The Hall–Kier alpha value is -1.10. The number of aryl methyl sites for hydroxylation is 1. The Bertz CT molecular complexity index is 571. The number of rotatable bonds is 7. The van der Waals surface area contributed by atoms with Crippen LogP contribution in [-0.2, 0) is 6.54 Å². The van der Waals surface area contributed by atoms with Crippen LogP contribution in [0, 0.1) is 6.92 Å². The number of hydrogen-bond donors (Lipinski definition) is 1. The second-order valence-corrected chi connectivity index (χ2v) is 8.18. The Labute approximate surface area is 153 Å². The molecule has 1 aromatic carbocycles. The molecule has 1 aliphatic heterocycles. The largest absolute Gasteiger partial charge is 0.494 e. The van der Waals surface area contributed by atoms with Crippen molar-refractivity contribution in [2.75, 3.05) is 40.3 Å². The first-order valence-corrected chi connectivity index (χ1v) is 9.60. The van der Waals surface area contributed by atoms with Crippen LogP contribution < -0.4 is 4.74 Å². The van der Waals surface area contributed by atoms with E-state index in [1.165, 1.54) is 16.7 Å². The number of β-amino-alcohol motifs (C(OH)–C–C–N with tert-alkyl or cyclic N) is 1. The Morgan fingerprint density at radius 2 is 2.04 bits per heavy atom. The van der Waals surface area contributed by atoms with E-state index in [-0.39, 0.29) is 0 Å². The fourth-order valence-corrected chi connectivity index (χ4v) is 3.95. The number of benzene rings is 1. The second kappa shape index (κ2) is 8.52. The lowest BCUT2D eigenvalue weighted by Crippen LogP contribution is -2.52. The molecule has 0 amide bonds. The standard InChI is InChI=1S/C21H36N2O2/c1-7-25-20-11-17(4)18(12-19(20)16(2)3)13-23-10-8-9-21(24,15-23)14-22(5)6/h11-12,16,24H,7-10,13-15H2,1-6H3/t21-/m0/s1. The molecule has 0 bridgehead atoms. The lowest BCUT2D eigenvalue weighted by Gasteiger charge is -2.41. The highest BCUT2D eigenvalue weighted by atomic mass is 16.5. The molecule has 0 radical (unpaired) electrons. The van der Waals surface area contributed by atoms with Gasteiger partial charge in [-0.1, -0.05) is 19.9 Å². The number of nitrogens with zero attached hydrogens (tertiary/aromatic N) is 2. The molecule has 4 nitrogen and oxygen atoms in total. The molecule has 2 rings (SSSR count). The van der Waals surface area contributed by atoms with Gasteiger partial charge in [-0.15, -0.1) is 0 Å². The summed E-state index contributed by atoms with van der Waals surface area (Å²) < 4.78 is 5.84. The summed E-state index contributed by atoms with van der Waals surface area (Å²) in [5, 5.41) is 10.9. The van der Waals surface area contributed by atoms with Gasteiger partial charge in [0.15, 0.2) is 0 Å². The monoisotopic (exact) mass is 348 g/mol. The van der Waals surface area contributed by atoms with Gasteiger partial charge in [-0.3, -0.25) is 4.90 Å². The van der Waals surface area contributed by atoms with Crippen molar-refractivity contribution in [2.24, 2.45) is 0 Å². The average molecular weight is 349 g/mol. The molecule has 0 unspecified atom stereocenters. The third-order valence-electron chi connectivity index (χ3n) is 5.03. The van der Waals surface area contributed by atoms with Crippen LogP contribution in [0.3, 0.4) is 0 Å². The SMILES string of the molecule is CCOc1cc(C)c(CN2CCC[C@](O)(CN(C)C)C2)cc1C(C)C. The zero-order valence-corrected chi connectivity index (χ0v) is 16.9. The van der Waals surface area contributed by atoms with Crippen molar-refractivity contribution in [3.63, 3.8) is 0 Å². The van der Waals surface area contributed by atoms with Crippen LogP contribution in [-0.4, -0.2) is 60.8 Å². The highest BCUT2D eigenvalue weighted by Gasteiger charge is 2.33. The first-order valence-electron chi connectivity index (χ1n) is 9.60. The maximum absolute atomic E-state index is 10.9. The normalized spacial score (nSPS) is 22.0. The zero-order chi connectivity index (χ0) is 18.6. The van der Waals surface area contributed by atoms with Gasteiger partial charge in [0.2, 0.25) is 0 Å². The third kappa shape index (κ3) is 5.44. The lowest BCUT2D eigenvalue weighted by atomic mass is 9.91. The minimum atomic E-state index is -0.595. The van der Waals surface area contributed by atoms with Gasteiger partial charge >= 0.3 is 0 Å². The Morgan fingerprint density at radius 1 is 1.32 bits per heavy atom. The van der Waals surface area contributed by atoms with Crippen molar-refractivity contribution < 1.29 is 9.84 Å². The third-order valence-corrected chi connectivity index (χ3v) is 5.03. The average Bonchev–Trinajstić information content (AvgIpc) is 2.48.